The van der Waals surface area contributed by atoms with Crippen molar-refractivity contribution in [1.29, 1.82) is 0 Å². The van der Waals surface area contributed by atoms with Crippen LogP contribution in [-0.2, 0) is 0 Å². The second kappa shape index (κ2) is 4.20. The van der Waals surface area contributed by atoms with Gasteiger partial charge < -0.3 is 9.84 Å². The van der Waals surface area contributed by atoms with Crippen molar-refractivity contribution in [2.24, 2.45) is 0 Å². The maximum Gasteiger partial charge on any atom is 0.387 e. The predicted octanol–water partition coefficient (Wildman–Crippen LogP) is 2.43. The molecule has 0 aromatic heterocycles. The Morgan fingerprint density at radius 2 is 2.07 bits per heavy atom. The summed E-state index contributed by atoms with van der Waals surface area (Å²) in [6, 6.07) is 2.19. The second-order valence-corrected chi connectivity index (χ2v) is 2.76. The number of halogens is 3. The topological polar surface area (TPSA) is 46.5 Å². The molecule has 0 aliphatic rings. The highest BCUT2D eigenvalue weighted by atomic mass is 19.3. The summed E-state index contributed by atoms with van der Waals surface area (Å²) in [5.41, 5.74) is -0.589. The molecule has 1 rings (SSSR count). The third-order valence-electron chi connectivity index (χ3n) is 1.73. The number of aryl methyl sites for hydroxylation is 1. The fourth-order valence-corrected chi connectivity index (χ4v) is 1.05. The van der Waals surface area contributed by atoms with Gasteiger partial charge in [-0.3, -0.25) is 0 Å². The zero-order chi connectivity index (χ0) is 11.6. The number of rotatable bonds is 3. The van der Waals surface area contributed by atoms with E-state index in [1.807, 2.05) is 0 Å². The fourth-order valence-electron chi connectivity index (χ4n) is 1.05. The zero-order valence-electron chi connectivity index (χ0n) is 7.63. The van der Waals surface area contributed by atoms with Crippen LogP contribution in [0.25, 0.3) is 0 Å². The van der Waals surface area contributed by atoms with E-state index in [1.54, 1.807) is 0 Å². The molecule has 6 heteroatoms. The Bertz CT molecular complexity index is 390. The van der Waals surface area contributed by atoms with E-state index >= 15 is 0 Å². The molecule has 0 aliphatic carbocycles. The van der Waals surface area contributed by atoms with Crippen LogP contribution in [0.1, 0.15) is 15.9 Å². The first kappa shape index (κ1) is 11.4. The molecule has 0 saturated heterocycles. The Morgan fingerprint density at radius 3 is 2.53 bits per heavy atom. The van der Waals surface area contributed by atoms with Gasteiger partial charge in [-0.05, 0) is 18.6 Å². The largest absolute Gasteiger partial charge is 0.478 e. The Morgan fingerprint density at radius 1 is 1.47 bits per heavy atom. The predicted molar refractivity (Wildman–Crippen MR) is 44.7 cm³/mol. The molecule has 0 atom stereocenters. The van der Waals surface area contributed by atoms with E-state index < -0.39 is 29.7 Å². The normalized spacial score (nSPS) is 10.5. The van der Waals surface area contributed by atoms with Crippen molar-refractivity contribution < 1.29 is 27.8 Å². The van der Waals surface area contributed by atoms with Crippen LogP contribution in [0.2, 0.25) is 0 Å². The molecule has 0 spiro atoms. The van der Waals surface area contributed by atoms with Gasteiger partial charge in [0.05, 0.1) is 5.56 Å². The van der Waals surface area contributed by atoms with Crippen molar-refractivity contribution in [3.8, 4) is 5.75 Å². The third-order valence-corrected chi connectivity index (χ3v) is 1.73. The highest BCUT2D eigenvalue weighted by molar-refractivity contribution is 5.88. The van der Waals surface area contributed by atoms with Gasteiger partial charge in [-0.1, -0.05) is 6.07 Å². The molecule has 1 N–H and O–H groups in total. The quantitative estimate of drug-likeness (QED) is 0.850. The molecule has 82 valence electrons. The average Bonchev–Trinajstić information content (AvgIpc) is 2.11. The molecule has 0 aliphatic heterocycles. The van der Waals surface area contributed by atoms with E-state index in [1.165, 1.54) is 13.0 Å². The standard InChI is InChI=1S/C9H7F3O3/c1-4-2-3-5(8(13)14)6(10)7(4)15-9(11)12/h2-3,9H,1H3,(H,13,14). The lowest BCUT2D eigenvalue weighted by atomic mass is 10.1. The van der Waals surface area contributed by atoms with Gasteiger partial charge in [-0.15, -0.1) is 0 Å². The molecule has 0 amide bonds. The molecule has 0 heterocycles. The minimum atomic E-state index is -3.19. The van der Waals surface area contributed by atoms with Crippen molar-refractivity contribution >= 4 is 5.97 Å². The van der Waals surface area contributed by atoms with E-state index in [2.05, 4.69) is 4.74 Å². The zero-order valence-corrected chi connectivity index (χ0v) is 7.63. The molecule has 1 aromatic carbocycles. The lowest BCUT2D eigenvalue weighted by Crippen LogP contribution is -2.09. The van der Waals surface area contributed by atoms with E-state index in [-0.39, 0.29) is 5.56 Å². The van der Waals surface area contributed by atoms with Gasteiger partial charge >= 0.3 is 12.6 Å². The van der Waals surface area contributed by atoms with Crippen LogP contribution in [-0.4, -0.2) is 17.7 Å². The number of aromatic carboxylic acids is 1. The molecule has 15 heavy (non-hydrogen) atoms. The van der Waals surface area contributed by atoms with Crippen LogP contribution >= 0.6 is 0 Å². The van der Waals surface area contributed by atoms with Crippen LogP contribution in [0.4, 0.5) is 13.2 Å². The van der Waals surface area contributed by atoms with Gasteiger partial charge in [0.15, 0.2) is 11.6 Å². The summed E-state index contributed by atoms with van der Waals surface area (Å²) in [5, 5.41) is 8.53. The van der Waals surface area contributed by atoms with Gasteiger partial charge in [0.25, 0.3) is 0 Å². The van der Waals surface area contributed by atoms with Gasteiger partial charge in [-0.2, -0.15) is 8.78 Å². The summed E-state index contributed by atoms with van der Waals surface area (Å²) >= 11 is 0. The van der Waals surface area contributed by atoms with Gasteiger partial charge in [0.1, 0.15) is 0 Å². The Balaban J connectivity index is 3.24. The number of carboxylic acid groups (broad SMARTS) is 1. The van der Waals surface area contributed by atoms with E-state index in [9.17, 15) is 18.0 Å². The molecule has 0 saturated carbocycles. The number of ether oxygens (including phenoxy) is 1. The van der Waals surface area contributed by atoms with Crippen LogP contribution < -0.4 is 4.74 Å². The van der Waals surface area contributed by atoms with E-state index in [4.69, 9.17) is 5.11 Å². The van der Waals surface area contributed by atoms with Crippen molar-refractivity contribution in [1.82, 2.24) is 0 Å². The Hall–Kier alpha value is -1.72. The van der Waals surface area contributed by atoms with Gasteiger partial charge in [0.2, 0.25) is 0 Å². The van der Waals surface area contributed by atoms with Crippen molar-refractivity contribution in [2.75, 3.05) is 0 Å². The molecule has 0 unspecified atom stereocenters. The van der Waals surface area contributed by atoms with Crippen LogP contribution in [0.3, 0.4) is 0 Å². The minimum absolute atomic E-state index is 0.109. The Kier molecular flexibility index (Phi) is 3.18. The first-order chi connectivity index (χ1) is 6.93. The average molecular weight is 220 g/mol. The van der Waals surface area contributed by atoms with Gasteiger partial charge in [0, 0.05) is 0 Å². The van der Waals surface area contributed by atoms with Crippen LogP contribution in [0.15, 0.2) is 12.1 Å². The van der Waals surface area contributed by atoms with Crippen molar-refractivity contribution in [3.05, 3.63) is 29.1 Å². The first-order valence-corrected chi connectivity index (χ1v) is 3.90. The lowest BCUT2D eigenvalue weighted by Gasteiger charge is -2.10. The number of hydrogen-bond donors (Lipinski definition) is 1. The van der Waals surface area contributed by atoms with Crippen LogP contribution in [0, 0.1) is 12.7 Å². The SMILES string of the molecule is Cc1ccc(C(=O)O)c(F)c1OC(F)F. The molecule has 1 aromatic rings. The molecule has 0 fully saturated rings. The van der Waals surface area contributed by atoms with Gasteiger partial charge in [-0.25, -0.2) is 9.18 Å². The fraction of sp³-hybridized carbons (Fsp3) is 0.222. The number of carboxylic acids is 1. The number of carbonyl (C=O) groups is 1. The monoisotopic (exact) mass is 220 g/mol. The lowest BCUT2D eigenvalue weighted by molar-refractivity contribution is -0.0527. The minimum Gasteiger partial charge on any atom is -0.478 e. The van der Waals surface area contributed by atoms with Crippen molar-refractivity contribution in [3.63, 3.8) is 0 Å². The number of benzene rings is 1. The van der Waals surface area contributed by atoms with E-state index in [0.717, 1.165) is 6.07 Å². The third kappa shape index (κ3) is 2.39. The molecule has 0 radical (unpaired) electrons. The molecular formula is C9H7F3O3. The Labute approximate surface area is 83.1 Å². The highest BCUT2D eigenvalue weighted by Gasteiger charge is 2.19. The maximum absolute atomic E-state index is 13.3. The summed E-state index contributed by atoms with van der Waals surface area (Å²) in [4.78, 5) is 10.5. The van der Waals surface area contributed by atoms with Crippen LogP contribution in [0.5, 0.6) is 5.75 Å². The molecule has 0 bridgehead atoms. The first-order valence-electron chi connectivity index (χ1n) is 3.90. The summed E-state index contributed by atoms with van der Waals surface area (Å²) in [6.45, 7) is -1.85. The smallest absolute Gasteiger partial charge is 0.387 e. The maximum atomic E-state index is 13.3. The molecule has 3 nitrogen and oxygen atoms in total. The highest BCUT2D eigenvalue weighted by Crippen LogP contribution is 2.26. The van der Waals surface area contributed by atoms with E-state index in [0.29, 0.717) is 0 Å². The second-order valence-electron chi connectivity index (χ2n) is 2.76. The van der Waals surface area contributed by atoms with Crippen molar-refractivity contribution in [2.45, 2.75) is 13.5 Å². The summed E-state index contributed by atoms with van der Waals surface area (Å²) in [7, 11) is 0. The number of hydrogen-bond acceptors (Lipinski definition) is 2. The number of alkyl halides is 2. The molecular weight excluding hydrogens is 213 g/mol. The summed E-state index contributed by atoms with van der Waals surface area (Å²) in [6.07, 6.45) is 0. The summed E-state index contributed by atoms with van der Waals surface area (Å²) < 4.78 is 41.0. The summed E-state index contributed by atoms with van der Waals surface area (Å²) in [5.74, 6) is -3.56.